The number of anilines is 1. The Morgan fingerprint density at radius 2 is 2.30 bits per heavy atom. The number of nitrogens with two attached hydrogens (primary N) is 1. The molecule has 1 heterocycles. The summed E-state index contributed by atoms with van der Waals surface area (Å²) >= 11 is 1.65. The lowest BCUT2D eigenvalue weighted by molar-refractivity contribution is -0.141. The highest BCUT2D eigenvalue weighted by atomic mass is 32.2. The fraction of sp³-hybridized carbons (Fsp3) is 0.615. The van der Waals surface area contributed by atoms with Crippen LogP contribution in [0.4, 0.5) is 5.82 Å². The number of rotatable bonds is 7. The number of ether oxygens (including phenoxy) is 1. The Morgan fingerprint density at radius 3 is 2.85 bits per heavy atom. The van der Waals surface area contributed by atoms with Crippen molar-refractivity contribution in [1.82, 2.24) is 9.97 Å². The largest absolute Gasteiger partial charge is 0.469 e. The standard InChI is InChI=1S/C13H20N4O2S/c1-3-9-15-10(17-14)6-11(16-9)20-8-13(4-5-13)7-12(18)19-2/h6H,3-5,7-8,14H2,1-2H3,(H,15,16,17). The SMILES string of the molecule is CCc1nc(NN)cc(SCC2(CC(=O)OC)CC2)n1. The molecule has 1 aromatic rings. The first-order valence-corrected chi connectivity index (χ1v) is 7.63. The third-order valence-electron chi connectivity index (χ3n) is 3.44. The highest BCUT2D eigenvalue weighted by Gasteiger charge is 2.44. The molecule has 20 heavy (non-hydrogen) atoms. The molecule has 0 radical (unpaired) electrons. The summed E-state index contributed by atoms with van der Waals surface area (Å²) in [7, 11) is 1.43. The first kappa shape index (κ1) is 15.1. The van der Waals surface area contributed by atoms with E-state index >= 15 is 0 Å². The van der Waals surface area contributed by atoms with Gasteiger partial charge in [0.15, 0.2) is 0 Å². The van der Waals surface area contributed by atoms with Crippen molar-refractivity contribution in [3.8, 4) is 0 Å². The van der Waals surface area contributed by atoms with Gasteiger partial charge in [-0.25, -0.2) is 15.8 Å². The van der Waals surface area contributed by atoms with E-state index in [4.69, 9.17) is 10.6 Å². The molecular formula is C13H20N4O2S. The number of nitrogens with one attached hydrogen (secondary N) is 1. The normalized spacial score (nSPS) is 15.8. The number of esters is 1. The van der Waals surface area contributed by atoms with Crippen LogP contribution in [0.15, 0.2) is 11.1 Å². The second-order valence-corrected chi connectivity index (χ2v) is 6.04. The van der Waals surface area contributed by atoms with Crippen LogP contribution in [0.2, 0.25) is 0 Å². The Hall–Kier alpha value is -1.34. The molecule has 1 aliphatic rings. The number of hydrogen-bond acceptors (Lipinski definition) is 7. The van der Waals surface area contributed by atoms with Crippen molar-refractivity contribution in [3.63, 3.8) is 0 Å². The fourth-order valence-electron chi connectivity index (χ4n) is 1.93. The molecule has 6 nitrogen and oxygen atoms in total. The van der Waals surface area contributed by atoms with Gasteiger partial charge in [0, 0.05) is 18.2 Å². The number of hydrogen-bond donors (Lipinski definition) is 2. The number of aromatic nitrogens is 2. The van der Waals surface area contributed by atoms with Crippen molar-refractivity contribution in [2.45, 2.75) is 37.6 Å². The average Bonchev–Trinajstić information content (AvgIpc) is 3.24. The summed E-state index contributed by atoms with van der Waals surface area (Å²) in [5, 5.41) is 0.890. The van der Waals surface area contributed by atoms with Gasteiger partial charge in [-0.2, -0.15) is 0 Å². The summed E-state index contributed by atoms with van der Waals surface area (Å²) in [6, 6.07) is 1.83. The smallest absolute Gasteiger partial charge is 0.306 e. The summed E-state index contributed by atoms with van der Waals surface area (Å²) in [4.78, 5) is 20.1. The van der Waals surface area contributed by atoms with Crippen LogP contribution >= 0.6 is 11.8 Å². The van der Waals surface area contributed by atoms with Gasteiger partial charge in [0.1, 0.15) is 16.7 Å². The van der Waals surface area contributed by atoms with Gasteiger partial charge in [-0.15, -0.1) is 11.8 Å². The quantitative estimate of drug-likeness (QED) is 0.260. The third-order valence-corrected chi connectivity index (χ3v) is 4.71. The number of thioether (sulfide) groups is 1. The molecule has 0 spiro atoms. The van der Waals surface area contributed by atoms with Crippen molar-refractivity contribution < 1.29 is 9.53 Å². The highest BCUT2D eigenvalue weighted by molar-refractivity contribution is 7.99. The van der Waals surface area contributed by atoms with E-state index in [-0.39, 0.29) is 11.4 Å². The second kappa shape index (κ2) is 6.41. The highest BCUT2D eigenvalue weighted by Crippen LogP contribution is 2.52. The minimum absolute atomic E-state index is 0.0887. The van der Waals surface area contributed by atoms with E-state index in [0.717, 1.165) is 35.9 Å². The lowest BCUT2D eigenvalue weighted by Crippen LogP contribution is -2.14. The molecule has 1 aliphatic carbocycles. The maximum Gasteiger partial charge on any atom is 0.306 e. The molecule has 3 N–H and O–H groups in total. The summed E-state index contributed by atoms with van der Waals surface area (Å²) in [5.74, 6) is 7.53. The Bertz CT molecular complexity index is 469. The molecule has 1 fully saturated rings. The van der Waals surface area contributed by atoms with E-state index in [0.29, 0.717) is 12.2 Å². The van der Waals surface area contributed by atoms with Crippen LogP contribution in [0.25, 0.3) is 0 Å². The molecule has 0 unspecified atom stereocenters. The lowest BCUT2D eigenvalue weighted by atomic mass is 10.1. The number of hydrazine groups is 1. The number of carbonyl (C=O) groups is 1. The number of carbonyl (C=O) groups excluding carboxylic acids is 1. The first-order valence-electron chi connectivity index (χ1n) is 6.65. The van der Waals surface area contributed by atoms with Crippen molar-refractivity contribution in [3.05, 3.63) is 11.9 Å². The number of nitrogen functional groups attached to an aromatic ring is 1. The van der Waals surface area contributed by atoms with Crippen LogP contribution in [0, 0.1) is 5.41 Å². The van der Waals surface area contributed by atoms with Crippen molar-refractivity contribution in [1.29, 1.82) is 0 Å². The minimum Gasteiger partial charge on any atom is -0.469 e. The van der Waals surface area contributed by atoms with Crippen LogP contribution < -0.4 is 11.3 Å². The molecule has 110 valence electrons. The molecule has 1 saturated carbocycles. The molecule has 0 amide bonds. The van der Waals surface area contributed by atoms with E-state index in [9.17, 15) is 4.79 Å². The fourth-order valence-corrected chi connectivity index (χ4v) is 3.14. The molecule has 0 bridgehead atoms. The van der Waals surface area contributed by atoms with Crippen molar-refractivity contribution >= 4 is 23.5 Å². The molecule has 7 heteroatoms. The van der Waals surface area contributed by atoms with Gasteiger partial charge in [-0.1, -0.05) is 6.92 Å². The zero-order valence-electron chi connectivity index (χ0n) is 11.8. The maximum atomic E-state index is 11.4. The molecule has 0 saturated heterocycles. The Balaban J connectivity index is 1.98. The van der Waals surface area contributed by atoms with Crippen molar-refractivity contribution in [2.75, 3.05) is 18.3 Å². The molecule has 2 rings (SSSR count). The molecular weight excluding hydrogens is 276 g/mol. The second-order valence-electron chi connectivity index (χ2n) is 5.05. The van der Waals surface area contributed by atoms with E-state index in [1.54, 1.807) is 11.8 Å². The lowest BCUT2D eigenvalue weighted by Gasteiger charge is -2.13. The maximum absolute atomic E-state index is 11.4. The topological polar surface area (TPSA) is 90.1 Å². The predicted octanol–water partition coefficient (Wildman–Crippen LogP) is 1.76. The van der Waals surface area contributed by atoms with Gasteiger partial charge in [-0.05, 0) is 18.3 Å². The van der Waals surface area contributed by atoms with Gasteiger partial charge in [0.2, 0.25) is 0 Å². The van der Waals surface area contributed by atoms with Gasteiger partial charge < -0.3 is 10.2 Å². The Kier molecular flexibility index (Phi) is 4.82. The van der Waals surface area contributed by atoms with Gasteiger partial charge >= 0.3 is 5.97 Å². The van der Waals surface area contributed by atoms with Crippen LogP contribution in [0.1, 0.15) is 32.0 Å². The van der Waals surface area contributed by atoms with Crippen LogP contribution in [-0.4, -0.2) is 28.8 Å². The average molecular weight is 296 g/mol. The molecule has 1 aromatic heterocycles. The number of aryl methyl sites for hydroxylation is 1. The minimum atomic E-state index is -0.135. The van der Waals surface area contributed by atoms with Crippen molar-refractivity contribution in [2.24, 2.45) is 11.3 Å². The molecule has 0 aromatic carbocycles. The van der Waals surface area contributed by atoms with E-state index in [1.807, 2.05) is 13.0 Å². The summed E-state index contributed by atoms with van der Waals surface area (Å²) in [6.45, 7) is 2.00. The number of methoxy groups -OCH3 is 1. The van der Waals surface area contributed by atoms with E-state index in [2.05, 4.69) is 15.4 Å². The van der Waals surface area contributed by atoms with Gasteiger partial charge in [-0.3, -0.25) is 4.79 Å². The van der Waals surface area contributed by atoms with Crippen LogP contribution in [0.5, 0.6) is 0 Å². The zero-order valence-corrected chi connectivity index (χ0v) is 12.6. The van der Waals surface area contributed by atoms with Crippen LogP contribution in [0.3, 0.4) is 0 Å². The molecule has 0 atom stereocenters. The Labute approximate surface area is 122 Å². The third kappa shape index (κ3) is 3.83. The van der Waals surface area contributed by atoms with Crippen LogP contribution in [-0.2, 0) is 16.0 Å². The Morgan fingerprint density at radius 1 is 1.55 bits per heavy atom. The monoisotopic (exact) mass is 296 g/mol. The van der Waals surface area contributed by atoms with Gasteiger partial charge in [0.05, 0.1) is 13.5 Å². The summed E-state index contributed by atoms with van der Waals surface area (Å²) in [6.07, 6.45) is 3.40. The molecule has 0 aliphatic heterocycles. The summed E-state index contributed by atoms with van der Waals surface area (Å²) in [5.41, 5.74) is 2.65. The zero-order chi connectivity index (χ0) is 14.6. The number of nitrogens with zero attached hydrogens (tertiary/aromatic N) is 2. The summed E-state index contributed by atoms with van der Waals surface area (Å²) < 4.78 is 4.75. The predicted molar refractivity (Wildman–Crippen MR) is 78.2 cm³/mol. The van der Waals surface area contributed by atoms with E-state index in [1.165, 1.54) is 7.11 Å². The van der Waals surface area contributed by atoms with Gasteiger partial charge in [0.25, 0.3) is 0 Å². The first-order chi connectivity index (χ1) is 9.60. The van der Waals surface area contributed by atoms with E-state index < -0.39 is 0 Å².